The van der Waals surface area contributed by atoms with Crippen molar-refractivity contribution in [3.8, 4) is 0 Å². The number of benzene rings is 2. The van der Waals surface area contributed by atoms with Crippen LogP contribution in [0.1, 0.15) is 35.5 Å². The van der Waals surface area contributed by atoms with Gasteiger partial charge in [0.2, 0.25) is 0 Å². The van der Waals surface area contributed by atoms with Gasteiger partial charge < -0.3 is 4.57 Å². The summed E-state index contributed by atoms with van der Waals surface area (Å²) in [6, 6.07) is 17.6. The van der Waals surface area contributed by atoms with E-state index in [0.29, 0.717) is 5.92 Å². The largest absolute Gasteiger partial charge is 0.328 e. The molecule has 0 aliphatic carbocycles. The summed E-state index contributed by atoms with van der Waals surface area (Å²) in [5, 5.41) is 0. The van der Waals surface area contributed by atoms with E-state index in [1.807, 2.05) is 12.3 Å². The topological polar surface area (TPSA) is 21.1 Å². The summed E-state index contributed by atoms with van der Waals surface area (Å²) < 4.78 is 15.8. The lowest BCUT2D eigenvalue weighted by Crippen LogP contribution is -2.36. The molecule has 28 heavy (non-hydrogen) atoms. The summed E-state index contributed by atoms with van der Waals surface area (Å²) in [5.41, 5.74) is 3.58. The van der Waals surface area contributed by atoms with Crippen molar-refractivity contribution in [1.29, 1.82) is 0 Å². The number of likely N-dealkylation sites (tertiary alicyclic amines) is 1. The van der Waals surface area contributed by atoms with E-state index >= 15 is 0 Å². The highest BCUT2D eigenvalue weighted by Gasteiger charge is 2.22. The molecule has 146 valence electrons. The van der Waals surface area contributed by atoms with Gasteiger partial charge in [0.15, 0.2) is 0 Å². The number of halogens is 1. The molecule has 2 aromatic carbocycles. The molecule has 1 aliphatic heterocycles. The summed E-state index contributed by atoms with van der Waals surface area (Å²) in [6.07, 6.45) is 5.42. The van der Waals surface area contributed by atoms with E-state index in [1.165, 1.54) is 36.0 Å². The van der Waals surface area contributed by atoms with E-state index in [1.54, 1.807) is 12.1 Å². The van der Waals surface area contributed by atoms with E-state index in [9.17, 15) is 4.39 Å². The number of aryl methyl sites for hydroxylation is 1. The van der Waals surface area contributed by atoms with Crippen LogP contribution in [0.25, 0.3) is 0 Å². The zero-order valence-electron chi connectivity index (χ0n) is 16.5. The molecule has 0 bridgehead atoms. The predicted octanol–water partition coefficient (Wildman–Crippen LogP) is 4.83. The van der Waals surface area contributed by atoms with Crippen LogP contribution in [0.2, 0.25) is 0 Å². The Balaban J connectivity index is 1.41. The van der Waals surface area contributed by atoms with Crippen molar-refractivity contribution in [2.45, 2.75) is 39.3 Å². The first-order chi connectivity index (χ1) is 13.7. The van der Waals surface area contributed by atoms with Gasteiger partial charge in [-0.05, 0) is 55.5 Å². The maximum atomic E-state index is 13.5. The Labute approximate surface area is 166 Å². The molecule has 1 fully saturated rings. The Hall–Kier alpha value is -2.46. The summed E-state index contributed by atoms with van der Waals surface area (Å²) in [6.45, 7) is 5.97. The second kappa shape index (κ2) is 8.70. The van der Waals surface area contributed by atoms with Gasteiger partial charge in [-0.3, -0.25) is 4.90 Å². The van der Waals surface area contributed by atoms with Crippen molar-refractivity contribution in [2.75, 3.05) is 13.1 Å². The fraction of sp³-hybridized carbons (Fsp3) is 0.375. The summed E-state index contributed by atoms with van der Waals surface area (Å²) in [4.78, 5) is 7.18. The van der Waals surface area contributed by atoms with Crippen LogP contribution in [-0.2, 0) is 19.5 Å². The lowest BCUT2D eigenvalue weighted by molar-refractivity contribution is 0.165. The minimum Gasteiger partial charge on any atom is -0.328 e. The number of rotatable bonds is 6. The van der Waals surface area contributed by atoms with Crippen LogP contribution in [-0.4, -0.2) is 27.5 Å². The lowest BCUT2D eigenvalue weighted by atomic mass is 9.94. The number of imidazole rings is 1. The quantitative estimate of drug-likeness (QED) is 0.613. The molecule has 4 heteroatoms. The van der Waals surface area contributed by atoms with Crippen LogP contribution in [0.15, 0.2) is 60.8 Å². The highest BCUT2D eigenvalue weighted by molar-refractivity contribution is 5.18. The third-order valence-electron chi connectivity index (χ3n) is 5.69. The Morgan fingerprint density at radius 3 is 2.68 bits per heavy atom. The molecule has 3 aromatic rings. The van der Waals surface area contributed by atoms with Crippen molar-refractivity contribution in [3.63, 3.8) is 0 Å². The van der Waals surface area contributed by atoms with Crippen LogP contribution < -0.4 is 0 Å². The molecule has 1 atom stereocenters. The van der Waals surface area contributed by atoms with E-state index in [2.05, 4.69) is 46.7 Å². The smallest absolute Gasteiger partial charge is 0.123 e. The molecule has 1 aromatic heterocycles. The maximum Gasteiger partial charge on any atom is 0.123 e. The van der Waals surface area contributed by atoms with Crippen LogP contribution in [0.3, 0.4) is 0 Å². The highest BCUT2D eigenvalue weighted by Crippen LogP contribution is 2.23. The molecule has 0 N–H and O–H groups in total. The predicted molar refractivity (Wildman–Crippen MR) is 111 cm³/mol. The minimum absolute atomic E-state index is 0.149. The Morgan fingerprint density at radius 2 is 1.86 bits per heavy atom. The van der Waals surface area contributed by atoms with Crippen LogP contribution in [0.5, 0.6) is 0 Å². The highest BCUT2D eigenvalue weighted by atomic mass is 19.1. The normalized spacial score (nSPS) is 17.7. The fourth-order valence-electron chi connectivity index (χ4n) is 4.27. The number of hydrogen-bond donors (Lipinski definition) is 0. The Morgan fingerprint density at radius 1 is 1.04 bits per heavy atom. The molecule has 0 spiro atoms. The monoisotopic (exact) mass is 377 g/mol. The lowest BCUT2D eigenvalue weighted by Gasteiger charge is -2.32. The molecule has 0 amide bonds. The van der Waals surface area contributed by atoms with Gasteiger partial charge in [-0.15, -0.1) is 0 Å². The van der Waals surface area contributed by atoms with Crippen LogP contribution in [0, 0.1) is 18.7 Å². The Bertz CT molecular complexity index is 903. The molecule has 1 unspecified atom stereocenters. The molecular weight excluding hydrogens is 349 g/mol. The van der Waals surface area contributed by atoms with Gasteiger partial charge in [0.25, 0.3) is 0 Å². The third-order valence-corrected chi connectivity index (χ3v) is 5.69. The van der Waals surface area contributed by atoms with E-state index in [4.69, 9.17) is 4.98 Å². The Kier molecular flexibility index (Phi) is 5.87. The molecule has 3 nitrogen and oxygen atoms in total. The molecule has 2 heterocycles. The van der Waals surface area contributed by atoms with Gasteiger partial charge in [-0.25, -0.2) is 9.37 Å². The average molecular weight is 378 g/mol. The van der Waals surface area contributed by atoms with E-state index in [-0.39, 0.29) is 5.82 Å². The zero-order chi connectivity index (χ0) is 19.3. The molecule has 0 radical (unpaired) electrons. The van der Waals surface area contributed by atoms with Gasteiger partial charge in [0.1, 0.15) is 11.6 Å². The van der Waals surface area contributed by atoms with Gasteiger partial charge in [0.05, 0.1) is 0 Å². The fourth-order valence-corrected chi connectivity index (χ4v) is 4.27. The SMILES string of the molecule is Cc1cnc(CC2CCCN(Cc3cccc(F)c3)C2)n1Cc1ccccc1. The van der Waals surface area contributed by atoms with Crippen LogP contribution in [0.4, 0.5) is 4.39 Å². The average Bonchev–Trinajstić information content (AvgIpc) is 3.03. The van der Waals surface area contributed by atoms with E-state index in [0.717, 1.165) is 38.2 Å². The first-order valence-electron chi connectivity index (χ1n) is 10.2. The first-order valence-corrected chi connectivity index (χ1v) is 10.2. The van der Waals surface area contributed by atoms with Crippen LogP contribution >= 0.6 is 0 Å². The second-order valence-electron chi connectivity index (χ2n) is 7.96. The maximum absolute atomic E-state index is 13.5. The molecule has 1 aliphatic rings. The molecular formula is C24H28FN3. The third kappa shape index (κ3) is 4.68. The second-order valence-corrected chi connectivity index (χ2v) is 7.96. The van der Waals surface area contributed by atoms with Gasteiger partial charge in [0, 0.05) is 37.9 Å². The molecule has 4 rings (SSSR count). The van der Waals surface area contributed by atoms with Crippen molar-refractivity contribution < 1.29 is 4.39 Å². The van der Waals surface area contributed by atoms with Gasteiger partial charge in [-0.2, -0.15) is 0 Å². The van der Waals surface area contributed by atoms with Crippen molar-refractivity contribution in [2.24, 2.45) is 5.92 Å². The van der Waals surface area contributed by atoms with Crippen molar-refractivity contribution >= 4 is 0 Å². The number of aromatic nitrogens is 2. The number of piperidine rings is 1. The summed E-state index contributed by atoms with van der Waals surface area (Å²) in [5.74, 6) is 1.63. The zero-order valence-corrected chi connectivity index (χ0v) is 16.5. The number of hydrogen-bond acceptors (Lipinski definition) is 2. The number of nitrogens with zero attached hydrogens (tertiary/aromatic N) is 3. The standard InChI is InChI=1S/C24H28FN3/c1-19-15-26-24(28(19)18-20-7-3-2-4-8-20)14-22-10-6-12-27(17-22)16-21-9-5-11-23(25)13-21/h2-5,7-9,11,13,15,22H,6,10,12,14,16-18H2,1H3. The van der Waals surface area contributed by atoms with E-state index < -0.39 is 0 Å². The summed E-state index contributed by atoms with van der Waals surface area (Å²) in [7, 11) is 0. The first kappa shape index (κ1) is 18.9. The minimum atomic E-state index is -0.149. The van der Waals surface area contributed by atoms with Gasteiger partial charge in [-0.1, -0.05) is 42.5 Å². The molecule has 1 saturated heterocycles. The van der Waals surface area contributed by atoms with Crippen molar-refractivity contribution in [1.82, 2.24) is 14.5 Å². The summed E-state index contributed by atoms with van der Waals surface area (Å²) >= 11 is 0. The van der Waals surface area contributed by atoms with Gasteiger partial charge >= 0.3 is 0 Å². The van der Waals surface area contributed by atoms with Crippen molar-refractivity contribution in [3.05, 3.63) is 89.3 Å². The molecule has 0 saturated carbocycles.